The van der Waals surface area contributed by atoms with Gasteiger partial charge in [-0.2, -0.15) is 0 Å². The first-order valence-electron chi connectivity index (χ1n) is 14.3. The molecule has 2 aromatic carbocycles. The molecule has 2 amide bonds. The summed E-state index contributed by atoms with van der Waals surface area (Å²) < 4.78 is 0. The highest BCUT2D eigenvalue weighted by Gasteiger charge is 2.52. The van der Waals surface area contributed by atoms with Crippen LogP contribution in [0.5, 0.6) is 0 Å². The van der Waals surface area contributed by atoms with Crippen LogP contribution in [0.1, 0.15) is 63.6 Å². The van der Waals surface area contributed by atoms with Gasteiger partial charge in [-0.1, -0.05) is 78.2 Å². The lowest BCUT2D eigenvalue weighted by molar-refractivity contribution is -0.139. The Balaban J connectivity index is 1.48. The van der Waals surface area contributed by atoms with Crippen LogP contribution in [0.15, 0.2) is 77.9 Å². The lowest BCUT2D eigenvalue weighted by Crippen LogP contribution is -2.46. The molecule has 2 aliphatic heterocycles. The highest BCUT2D eigenvalue weighted by molar-refractivity contribution is 6.31. The zero-order valence-electron chi connectivity index (χ0n) is 24.4. The predicted molar refractivity (Wildman–Crippen MR) is 165 cm³/mol. The van der Waals surface area contributed by atoms with Gasteiger partial charge < -0.3 is 20.0 Å². The average Bonchev–Trinajstić information content (AvgIpc) is 3.16. The molecule has 2 aliphatic rings. The summed E-state index contributed by atoms with van der Waals surface area (Å²) in [7, 11) is 0. The highest BCUT2D eigenvalue weighted by Crippen LogP contribution is 2.46. The van der Waals surface area contributed by atoms with Crippen molar-refractivity contribution in [3.05, 3.63) is 99.6 Å². The molecule has 0 aromatic heterocycles. The van der Waals surface area contributed by atoms with Crippen molar-refractivity contribution in [3.63, 3.8) is 0 Å². The van der Waals surface area contributed by atoms with Crippen LogP contribution in [0.2, 0.25) is 5.02 Å². The first kappa shape index (κ1) is 30.8. The van der Waals surface area contributed by atoms with Crippen molar-refractivity contribution in [1.29, 1.82) is 0 Å². The van der Waals surface area contributed by atoms with E-state index in [1.165, 1.54) is 11.1 Å². The van der Waals surface area contributed by atoms with Crippen LogP contribution in [0, 0.1) is 5.92 Å². The van der Waals surface area contributed by atoms with Gasteiger partial charge >= 0.3 is 0 Å². The molecule has 218 valence electrons. The first-order chi connectivity index (χ1) is 19.6. The van der Waals surface area contributed by atoms with Gasteiger partial charge in [0.2, 0.25) is 5.91 Å². The number of benzene rings is 2. The van der Waals surface area contributed by atoms with Crippen molar-refractivity contribution in [3.8, 4) is 0 Å². The SMILES string of the molecule is CC(C)=CCC/C(C)=C/CN1C(=O)[C@@](O)([C@@H](C)/C=C/CC(=O)N2Cc3ccccc3C[C@H]2CO)c2cc(Cl)ccc21. The van der Waals surface area contributed by atoms with Crippen LogP contribution in [-0.2, 0) is 28.2 Å². The number of fused-ring (bicyclic) bond motifs is 2. The molecule has 4 rings (SSSR count). The molecule has 2 heterocycles. The number of nitrogens with zero attached hydrogens (tertiary/aromatic N) is 2. The molecule has 2 aromatic rings. The lowest BCUT2D eigenvalue weighted by Gasteiger charge is -2.36. The van der Waals surface area contributed by atoms with Gasteiger partial charge in [-0.25, -0.2) is 0 Å². The molecule has 0 saturated heterocycles. The molecule has 0 aliphatic carbocycles. The Bertz CT molecular complexity index is 1380. The van der Waals surface area contributed by atoms with Crippen LogP contribution in [-0.4, -0.2) is 46.1 Å². The van der Waals surface area contributed by atoms with Crippen LogP contribution < -0.4 is 4.90 Å². The third-order valence-electron chi connectivity index (χ3n) is 8.21. The van der Waals surface area contributed by atoms with Gasteiger partial charge in [-0.3, -0.25) is 9.59 Å². The second-order valence-electron chi connectivity index (χ2n) is 11.5. The second-order valence-corrected chi connectivity index (χ2v) is 11.9. The van der Waals surface area contributed by atoms with Crippen molar-refractivity contribution in [1.82, 2.24) is 4.90 Å². The average molecular weight is 577 g/mol. The van der Waals surface area contributed by atoms with E-state index in [1.807, 2.05) is 30.3 Å². The summed E-state index contributed by atoms with van der Waals surface area (Å²) >= 11 is 6.31. The summed E-state index contributed by atoms with van der Waals surface area (Å²) in [6.45, 7) is 8.69. The number of hydrogen-bond acceptors (Lipinski definition) is 4. The third kappa shape index (κ3) is 6.66. The van der Waals surface area contributed by atoms with E-state index in [4.69, 9.17) is 11.6 Å². The van der Waals surface area contributed by atoms with Crippen molar-refractivity contribution in [2.45, 2.75) is 71.6 Å². The van der Waals surface area contributed by atoms with Gasteiger partial charge in [-0.15, -0.1) is 0 Å². The molecule has 7 heteroatoms. The molecule has 41 heavy (non-hydrogen) atoms. The Morgan fingerprint density at radius 1 is 1.15 bits per heavy atom. The van der Waals surface area contributed by atoms with Crippen molar-refractivity contribution >= 4 is 29.1 Å². The summed E-state index contributed by atoms with van der Waals surface area (Å²) in [6, 6.07) is 12.9. The minimum atomic E-state index is -1.80. The molecule has 0 radical (unpaired) electrons. The minimum Gasteiger partial charge on any atom is -0.394 e. The maximum Gasteiger partial charge on any atom is 0.264 e. The summed E-state index contributed by atoms with van der Waals surface area (Å²) in [6.07, 6.45) is 10.2. The molecular weight excluding hydrogens is 536 g/mol. The summed E-state index contributed by atoms with van der Waals surface area (Å²) in [4.78, 5) is 30.3. The quantitative estimate of drug-likeness (QED) is 0.335. The van der Waals surface area contributed by atoms with Crippen LogP contribution in [0.4, 0.5) is 5.69 Å². The summed E-state index contributed by atoms with van der Waals surface area (Å²) in [5, 5.41) is 22.3. The van der Waals surface area contributed by atoms with E-state index in [-0.39, 0.29) is 25.0 Å². The second kappa shape index (κ2) is 13.2. The van der Waals surface area contributed by atoms with Gasteiger partial charge in [0.1, 0.15) is 0 Å². The Hall–Kier alpha value is -3.19. The molecule has 0 unspecified atom stereocenters. The number of carbonyl (C=O) groups excluding carboxylic acids is 2. The number of aliphatic hydroxyl groups is 2. The van der Waals surface area contributed by atoms with E-state index < -0.39 is 17.4 Å². The first-order valence-corrected chi connectivity index (χ1v) is 14.7. The van der Waals surface area contributed by atoms with E-state index in [2.05, 4.69) is 26.8 Å². The monoisotopic (exact) mass is 576 g/mol. The molecular formula is C34H41ClN2O4. The molecule has 0 saturated carbocycles. The Kier molecular flexibility index (Phi) is 9.90. The molecule has 2 N–H and O–H groups in total. The number of halogens is 1. The largest absolute Gasteiger partial charge is 0.394 e. The Labute approximate surface area is 248 Å². The zero-order valence-corrected chi connectivity index (χ0v) is 25.2. The fourth-order valence-electron chi connectivity index (χ4n) is 5.71. The molecule has 0 spiro atoms. The van der Waals surface area contributed by atoms with Crippen LogP contribution >= 0.6 is 11.6 Å². The van der Waals surface area contributed by atoms with E-state index in [1.54, 1.807) is 47.1 Å². The number of hydrogen-bond donors (Lipinski definition) is 2. The van der Waals surface area contributed by atoms with E-state index in [0.29, 0.717) is 35.8 Å². The van der Waals surface area contributed by atoms with Gasteiger partial charge in [-0.05, 0) is 69.4 Å². The molecule has 6 nitrogen and oxygen atoms in total. The van der Waals surface area contributed by atoms with Gasteiger partial charge in [0.25, 0.3) is 5.91 Å². The summed E-state index contributed by atoms with van der Waals surface area (Å²) in [5.74, 6) is -1.12. The summed E-state index contributed by atoms with van der Waals surface area (Å²) in [5.41, 5.74) is 4.01. The number of amides is 2. The van der Waals surface area contributed by atoms with Crippen molar-refractivity contribution in [2.75, 3.05) is 18.1 Å². The fourth-order valence-corrected chi connectivity index (χ4v) is 5.88. The van der Waals surface area contributed by atoms with Gasteiger partial charge in [0.05, 0.1) is 18.3 Å². The van der Waals surface area contributed by atoms with Crippen molar-refractivity contribution in [2.24, 2.45) is 5.92 Å². The van der Waals surface area contributed by atoms with Crippen LogP contribution in [0.3, 0.4) is 0 Å². The predicted octanol–water partition coefficient (Wildman–Crippen LogP) is 6.10. The van der Waals surface area contributed by atoms with Crippen molar-refractivity contribution < 1.29 is 19.8 Å². The normalized spacial score (nSPS) is 21.2. The van der Waals surface area contributed by atoms with E-state index in [9.17, 15) is 19.8 Å². The standard InChI is InChI=1S/C34H41ClN2O4/c1-23(2)9-7-10-24(3)17-18-36-31-16-15-28(35)20-30(31)34(41,33(36)40)25(4)11-8-14-32(39)37-21-27-13-6-5-12-26(27)19-29(37)22-38/h5-6,8-9,11-13,15-17,20,25,29,38,41H,7,10,14,18-19,21-22H2,1-4H3/b11-8+,24-17+/t25-,29-,34+/m0/s1. The number of aliphatic hydroxyl groups excluding tert-OH is 1. The fraction of sp³-hybridized carbons (Fsp3) is 0.412. The zero-order chi connectivity index (χ0) is 29.7. The smallest absolute Gasteiger partial charge is 0.264 e. The highest BCUT2D eigenvalue weighted by atomic mass is 35.5. The lowest BCUT2D eigenvalue weighted by atomic mass is 9.83. The topological polar surface area (TPSA) is 81.1 Å². The number of allylic oxidation sites excluding steroid dienone is 3. The Morgan fingerprint density at radius 3 is 2.59 bits per heavy atom. The van der Waals surface area contributed by atoms with E-state index in [0.717, 1.165) is 24.0 Å². The molecule has 3 atom stereocenters. The van der Waals surface area contributed by atoms with Gasteiger partial charge in [0, 0.05) is 36.0 Å². The third-order valence-corrected chi connectivity index (χ3v) is 8.44. The van der Waals surface area contributed by atoms with Crippen LogP contribution in [0.25, 0.3) is 0 Å². The maximum atomic E-state index is 13.8. The van der Waals surface area contributed by atoms with E-state index >= 15 is 0 Å². The minimum absolute atomic E-state index is 0.104. The maximum absolute atomic E-state index is 13.8. The van der Waals surface area contributed by atoms with Gasteiger partial charge in [0.15, 0.2) is 5.60 Å². The Morgan fingerprint density at radius 2 is 1.88 bits per heavy atom. The number of anilines is 1. The molecule has 0 bridgehead atoms. The number of rotatable bonds is 10. The molecule has 0 fully saturated rings. The number of carbonyl (C=O) groups is 2.